The molecule has 0 fully saturated rings. The molecule has 0 aliphatic carbocycles. The first-order valence-electron chi connectivity index (χ1n) is 5.92. The Kier molecular flexibility index (Phi) is 4.10. The number of anilines is 1. The molecular weight excluding hydrogens is 261 g/mol. The van der Waals surface area contributed by atoms with Crippen molar-refractivity contribution in [1.29, 1.82) is 0 Å². The minimum absolute atomic E-state index is 0.126. The predicted molar refractivity (Wildman–Crippen MR) is 72.1 cm³/mol. The number of carbonyl (C=O) groups is 2. The summed E-state index contributed by atoms with van der Waals surface area (Å²) in [5.74, 6) is -1.62. The van der Waals surface area contributed by atoms with E-state index in [1.165, 1.54) is 36.4 Å². The van der Waals surface area contributed by atoms with E-state index in [9.17, 15) is 14.0 Å². The molecule has 4 nitrogen and oxygen atoms in total. The maximum absolute atomic E-state index is 12.7. The van der Waals surface area contributed by atoms with E-state index in [1.807, 2.05) is 0 Å². The van der Waals surface area contributed by atoms with Gasteiger partial charge in [-0.15, -0.1) is 0 Å². The smallest absolute Gasteiger partial charge is 0.335 e. The van der Waals surface area contributed by atoms with Gasteiger partial charge >= 0.3 is 5.97 Å². The molecular formula is C15H12FNO3. The first-order valence-corrected chi connectivity index (χ1v) is 5.92. The van der Waals surface area contributed by atoms with Crippen molar-refractivity contribution in [1.82, 2.24) is 0 Å². The molecule has 0 heterocycles. The lowest BCUT2D eigenvalue weighted by Crippen LogP contribution is -2.14. The van der Waals surface area contributed by atoms with Crippen LogP contribution in [0.1, 0.15) is 15.9 Å². The van der Waals surface area contributed by atoms with Crippen LogP contribution in [0, 0.1) is 5.82 Å². The Morgan fingerprint density at radius 1 is 1.00 bits per heavy atom. The second kappa shape index (κ2) is 5.97. The Morgan fingerprint density at radius 3 is 2.15 bits per heavy atom. The predicted octanol–water partition coefficient (Wildman–Crippen LogP) is 2.71. The fourth-order valence-electron chi connectivity index (χ4n) is 1.69. The largest absolute Gasteiger partial charge is 0.478 e. The average Bonchev–Trinajstić information content (AvgIpc) is 2.42. The van der Waals surface area contributed by atoms with Gasteiger partial charge in [-0.3, -0.25) is 4.79 Å². The van der Waals surface area contributed by atoms with Crippen LogP contribution in [-0.2, 0) is 11.2 Å². The highest BCUT2D eigenvalue weighted by Crippen LogP contribution is 2.11. The van der Waals surface area contributed by atoms with Crippen LogP contribution in [0.5, 0.6) is 0 Å². The summed E-state index contributed by atoms with van der Waals surface area (Å²) in [6, 6.07) is 11.5. The van der Waals surface area contributed by atoms with Crippen LogP contribution in [0.4, 0.5) is 10.1 Å². The zero-order chi connectivity index (χ0) is 14.5. The van der Waals surface area contributed by atoms with Gasteiger partial charge in [-0.25, -0.2) is 9.18 Å². The third kappa shape index (κ3) is 3.65. The molecule has 0 aliphatic rings. The summed E-state index contributed by atoms with van der Waals surface area (Å²) < 4.78 is 12.7. The molecule has 2 aromatic rings. The van der Waals surface area contributed by atoms with Gasteiger partial charge in [-0.2, -0.15) is 0 Å². The number of hydrogen-bond acceptors (Lipinski definition) is 2. The minimum Gasteiger partial charge on any atom is -0.478 e. The summed E-state index contributed by atoms with van der Waals surface area (Å²) in [4.78, 5) is 22.4. The zero-order valence-corrected chi connectivity index (χ0v) is 10.5. The van der Waals surface area contributed by atoms with Crippen molar-refractivity contribution < 1.29 is 19.1 Å². The number of hydrogen-bond donors (Lipinski definition) is 2. The van der Waals surface area contributed by atoms with Gasteiger partial charge in [0.1, 0.15) is 5.82 Å². The van der Waals surface area contributed by atoms with Crippen LogP contribution in [-0.4, -0.2) is 17.0 Å². The second-order valence-electron chi connectivity index (χ2n) is 4.23. The average molecular weight is 273 g/mol. The number of halogens is 1. The van der Waals surface area contributed by atoms with Crippen LogP contribution in [0.3, 0.4) is 0 Å². The minimum atomic E-state index is -1.02. The molecule has 2 N–H and O–H groups in total. The quantitative estimate of drug-likeness (QED) is 0.900. The number of amides is 1. The Bertz CT molecular complexity index is 621. The van der Waals surface area contributed by atoms with Crippen molar-refractivity contribution in [2.75, 3.05) is 5.32 Å². The molecule has 102 valence electrons. The van der Waals surface area contributed by atoms with Crippen LogP contribution >= 0.6 is 0 Å². The van der Waals surface area contributed by atoms with E-state index in [2.05, 4.69) is 5.32 Å². The standard InChI is InChI=1S/C15H12FNO3/c16-12-5-1-10(2-6-12)9-14(18)17-13-7-3-11(4-8-13)15(19)20/h1-8H,9H2,(H,17,18)(H,19,20). The van der Waals surface area contributed by atoms with E-state index in [0.717, 1.165) is 0 Å². The van der Waals surface area contributed by atoms with E-state index in [-0.39, 0.29) is 23.7 Å². The van der Waals surface area contributed by atoms with Crippen LogP contribution < -0.4 is 5.32 Å². The molecule has 0 radical (unpaired) electrons. The first kappa shape index (κ1) is 13.7. The normalized spacial score (nSPS) is 10.1. The summed E-state index contributed by atoms with van der Waals surface area (Å²) >= 11 is 0. The molecule has 0 bridgehead atoms. The third-order valence-corrected chi connectivity index (χ3v) is 2.69. The van der Waals surface area contributed by atoms with E-state index in [0.29, 0.717) is 11.3 Å². The van der Waals surface area contributed by atoms with Crippen molar-refractivity contribution in [3.8, 4) is 0 Å². The lowest BCUT2D eigenvalue weighted by Gasteiger charge is -2.05. The molecule has 1 amide bonds. The Morgan fingerprint density at radius 2 is 1.60 bits per heavy atom. The summed E-state index contributed by atoms with van der Waals surface area (Å²) in [6.07, 6.45) is 0.126. The summed E-state index contributed by atoms with van der Waals surface area (Å²) in [5, 5.41) is 11.4. The maximum atomic E-state index is 12.7. The summed E-state index contributed by atoms with van der Waals surface area (Å²) in [5.41, 5.74) is 1.37. The highest BCUT2D eigenvalue weighted by Gasteiger charge is 2.06. The molecule has 0 saturated heterocycles. The van der Waals surface area contributed by atoms with Crippen LogP contribution in [0.25, 0.3) is 0 Å². The van der Waals surface area contributed by atoms with Gasteiger partial charge in [-0.05, 0) is 42.0 Å². The highest BCUT2D eigenvalue weighted by atomic mass is 19.1. The van der Waals surface area contributed by atoms with Gasteiger partial charge in [0, 0.05) is 5.69 Å². The van der Waals surface area contributed by atoms with E-state index < -0.39 is 5.97 Å². The Hall–Kier alpha value is -2.69. The molecule has 0 spiro atoms. The number of aromatic carboxylic acids is 1. The highest BCUT2D eigenvalue weighted by molar-refractivity contribution is 5.93. The molecule has 20 heavy (non-hydrogen) atoms. The Balaban J connectivity index is 1.97. The fourth-order valence-corrected chi connectivity index (χ4v) is 1.69. The van der Waals surface area contributed by atoms with E-state index >= 15 is 0 Å². The van der Waals surface area contributed by atoms with Crippen molar-refractivity contribution in [2.45, 2.75) is 6.42 Å². The van der Waals surface area contributed by atoms with Crippen LogP contribution in [0.15, 0.2) is 48.5 Å². The van der Waals surface area contributed by atoms with E-state index in [1.54, 1.807) is 12.1 Å². The van der Waals surface area contributed by atoms with Gasteiger partial charge in [0.15, 0.2) is 0 Å². The third-order valence-electron chi connectivity index (χ3n) is 2.69. The number of carbonyl (C=O) groups excluding carboxylic acids is 1. The lowest BCUT2D eigenvalue weighted by molar-refractivity contribution is -0.115. The molecule has 5 heteroatoms. The van der Waals surface area contributed by atoms with Crippen molar-refractivity contribution in [3.63, 3.8) is 0 Å². The zero-order valence-electron chi connectivity index (χ0n) is 10.5. The molecule has 0 atom stereocenters. The molecule has 0 aromatic heterocycles. The molecule has 0 unspecified atom stereocenters. The van der Waals surface area contributed by atoms with Gasteiger partial charge in [0.2, 0.25) is 5.91 Å². The van der Waals surface area contributed by atoms with Gasteiger partial charge < -0.3 is 10.4 Å². The number of benzene rings is 2. The number of carboxylic acids is 1. The van der Waals surface area contributed by atoms with Gasteiger partial charge in [0.05, 0.1) is 12.0 Å². The molecule has 2 aromatic carbocycles. The second-order valence-corrected chi connectivity index (χ2v) is 4.23. The molecule has 0 aliphatic heterocycles. The number of rotatable bonds is 4. The summed E-state index contributed by atoms with van der Waals surface area (Å²) in [7, 11) is 0. The molecule has 0 saturated carbocycles. The van der Waals surface area contributed by atoms with Crippen molar-refractivity contribution >= 4 is 17.6 Å². The first-order chi connectivity index (χ1) is 9.54. The number of carboxylic acid groups (broad SMARTS) is 1. The lowest BCUT2D eigenvalue weighted by atomic mass is 10.1. The van der Waals surface area contributed by atoms with Gasteiger partial charge in [-0.1, -0.05) is 12.1 Å². The van der Waals surface area contributed by atoms with Crippen molar-refractivity contribution in [3.05, 3.63) is 65.5 Å². The summed E-state index contributed by atoms with van der Waals surface area (Å²) in [6.45, 7) is 0. The maximum Gasteiger partial charge on any atom is 0.335 e. The number of nitrogens with one attached hydrogen (secondary N) is 1. The van der Waals surface area contributed by atoms with Gasteiger partial charge in [0.25, 0.3) is 0 Å². The Labute approximate surface area is 114 Å². The van der Waals surface area contributed by atoms with Crippen LogP contribution in [0.2, 0.25) is 0 Å². The monoisotopic (exact) mass is 273 g/mol. The topological polar surface area (TPSA) is 66.4 Å². The fraction of sp³-hybridized carbons (Fsp3) is 0.0667. The SMILES string of the molecule is O=C(Cc1ccc(F)cc1)Nc1ccc(C(=O)O)cc1. The molecule has 2 rings (SSSR count). The van der Waals surface area contributed by atoms with Crippen molar-refractivity contribution in [2.24, 2.45) is 0 Å². The van der Waals surface area contributed by atoms with E-state index in [4.69, 9.17) is 5.11 Å².